The number of benzene rings is 2. The van der Waals surface area contributed by atoms with E-state index < -0.39 is 0 Å². The Morgan fingerprint density at radius 1 is 1.09 bits per heavy atom. The van der Waals surface area contributed by atoms with Crippen molar-refractivity contribution in [1.29, 1.82) is 0 Å². The van der Waals surface area contributed by atoms with Crippen LogP contribution in [0.15, 0.2) is 42.5 Å². The number of hydrogen-bond acceptors (Lipinski definition) is 6. The first kappa shape index (κ1) is 22.4. The van der Waals surface area contributed by atoms with Crippen LogP contribution in [0, 0.1) is 0 Å². The Kier molecular flexibility index (Phi) is 7.12. The molecule has 1 fully saturated rings. The summed E-state index contributed by atoms with van der Waals surface area (Å²) >= 11 is 1.76. The monoisotopic (exact) mass is 454 g/mol. The number of nitrogens with zero attached hydrogens (tertiary/aromatic N) is 3. The molecule has 4 rings (SSSR count). The summed E-state index contributed by atoms with van der Waals surface area (Å²) in [7, 11) is 3.25. The summed E-state index contributed by atoms with van der Waals surface area (Å²) in [6.45, 7) is 5.92. The number of aromatic nitrogens is 1. The fourth-order valence-corrected chi connectivity index (χ4v) is 5.05. The summed E-state index contributed by atoms with van der Waals surface area (Å²) in [6.07, 6.45) is 0.737. The number of fused-ring (bicyclic) bond motifs is 1. The van der Waals surface area contributed by atoms with E-state index in [9.17, 15) is 4.79 Å². The van der Waals surface area contributed by atoms with Crippen molar-refractivity contribution in [2.24, 2.45) is 0 Å². The third-order valence-electron chi connectivity index (χ3n) is 5.95. The Balaban J connectivity index is 1.24. The fraction of sp³-hybridized carbons (Fsp3) is 0.417. The highest BCUT2D eigenvalue weighted by atomic mass is 32.1. The molecule has 170 valence electrons. The van der Waals surface area contributed by atoms with E-state index in [1.54, 1.807) is 25.6 Å². The Labute approximate surface area is 192 Å². The minimum atomic E-state index is -0.00207. The average Bonchev–Trinajstić information content (AvgIpc) is 3.28. The van der Waals surface area contributed by atoms with Gasteiger partial charge in [0.15, 0.2) is 11.5 Å². The number of ether oxygens (including phenoxy) is 2. The molecule has 7 nitrogen and oxygen atoms in total. The van der Waals surface area contributed by atoms with Crippen LogP contribution in [0.1, 0.15) is 23.5 Å². The third kappa shape index (κ3) is 4.97. The molecule has 2 aromatic carbocycles. The Hall–Kier alpha value is -2.84. The molecule has 0 saturated carbocycles. The Morgan fingerprint density at radius 3 is 2.56 bits per heavy atom. The molecule has 1 unspecified atom stereocenters. The largest absolute Gasteiger partial charge is 0.493 e. The molecule has 1 saturated heterocycles. The number of carbonyl (C=O) groups excluding carboxylic acids is 1. The van der Waals surface area contributed by atoms with Crippen molar-refractivity contribution in [3.8, 4) is 11.5 Å². The molecule has 1 aliphatic heterocycles. The zero-order chi connectivity index (χ0) is 22.5. The summed E-state index contributed by atoms with van der Waals surface area (Å²) < 4.78 is 11.8. The number of nitrogens with one attached hydrogen (secondary N) is 1. The summed E-state index contributed by atoms with van der Waals surface area (Å²) in [5.41, 5.74) is 2.16. The van der Waals surface area contributed by atoms with Crippen molar-refractivity contribution in [2.45, 2.75) is 19.4 Å². The van der Waals surface area contributed by atoms with Crippen LogP contribution in [0.25, 0.3) is 10.2 Å². The van der Waals surface area contributed by atoms with Gasteiger partial charge < -0.3 is 19.7 Å². The zero-order valence-electron chi connectivity index (χ0n) is 18.8. The van der Waals surface area contributed by atoms with Crippen molar-refractivity contribution in [3.05, 3.63) is 53.0 Å². The molecule has 2 heterocycles. The number of thiazole rings is 1. The Morgan fingerprint density at radius 2 is 1.84 bits per heavy atom. The molecule has 1 aliphatic rings. The minimum absolute atomic E-state index is 0.00207. The predicted molar refractivity (Wildman–Crippen MR) is 128 cm³/mol. The maximum absolute atomic E-state index is 12.6. The first-order valence-corrected chi connectivity index (χ1v) is 11.7. The minimum Gasteiger partial charge on any atom is -0.493 e. The molecule has 0 spiro atoms. The van der Waals surface area contributed by atoms with Gasteiger partial charge in [-0.25, -0.2) is 9.78 Å². The van der Waals surface area contributed by atoms with Crippen molar-refractivity contribution >= 4 is 27.6 Å². The van der Waals surface area contributed by atoms with Gasteiger partial charge in [0.05, 0.1) is 30.5 Å². The molecule has 1 N–H and O–H groups in total. The number of urea groups is 1. The molecule has 0 radical (unpaired) electrons. The Bertz CT molecular complexity index is 1030. The fourth-order valence-electron chi connectivity index (χ4n) is 4.00. The van der Waals surface area contributed by atoms with Gasteiger partial charge in [-0.3, -0.25) is 4.90 Å². The lowest BCUT2D eigenvalue weighted by Crippen LogP contribution is -2.52. The van der Waals surface area contributed by atoms with E-state index in [0.717, 1.165) is 48.7 Å². The van der Waals surface area contributed by atoms with E-state index >= 15 is 0 Å². The first-order chi connectivity index (χ1) is 15.6. The quantitative estimate of drug-likeness (QED) is 0.586. The second-order valence-corrected chi connectivity index (χ2v) is 8.95. The van der Waals surface area contributed by atoms with Gasteiger partial charge in [0, 0.05) is 32.7 Å². The number of para-hydroxylation sites is 1. The van der Waals surface area contributed by atoms with Crippen LogP contribution < -0.4 is 14.8 Å². The molecular formula is C24H30N4O3S. The van der Waals surface area contributed by atoms with Crippen LogP contribution in [-0.4, -0.2) is 67.8 Å². The lowest BCUT2D eigenvalue weighted by Gasteiger charge is -2.37. The standard InChI is InChI=1S/C24H30N4O3S/c1-17(23-26-19-6-4-5-7-22(19)32-23)27-12-14-28(15-13-27)24(29)25-11-10-18-8-9-20(30-2)21(16-18)31-3/h4-9,16-17H,10-15H2,1-3H3,(H,25,29). The normalized spacial score (nSPS) is 15.5. The molecule has 1 aromatic heterocycles. The van der Waals surface area contributed by atoms with Crippen molar-refractivity contribution < 1.29 is 14.3 Å². The van der Waals surface area contributed by atoms with E-state index in [1.807, 2.05) is 29.2 Å². The van der Waals surface area contributed by atoms with E-state index in [2.05, 4.69) is 35.3 Å². The van der Waals surface area contributed by atoms with Crippen LogP contribution in [0.3, 0.4) is 0 Å². The lowest BCUT2D eigenvalue weighted by atomic mass is 10.1. The number of carbonyl (C=O) groups is 1. The van der Waals surface area contributed by atoms with Crippen molar-refractivity contribution in [2.75, 3.05) is 46.9 Å². The molecule has 0 aliphatic carbocycles. The van der Waals surface area contributed by atoms with Crippen LogP contribution in [0.2, 0.25) is 0 Å². The summed E-state index contributed by atoms with van der Waals surface area (Å²) in [4.78, 5) is 21.7. The third-order valence-corrected chi connectivity index (χ3v) is 7.16. The van der Waals surface area contributed by atoms with E-state index in [1.165, 1.54) is 4.70 Å². The smallest absolute Gasteiger partial charge is 0.317 e. The zero-order valence-corrected chi connectivity index (χ0v) is 19.7. The van der Waals surface area contributed by atoms with Crippen LogP contribution in [0.4, 0.5) is 4.79 Å². The van der Waals surface area contributed by atoms with Gasteiger partial charge in [0.25, 0.3) is 0 Å². The van der Waals surface area contributed by atoms with Gasteiger partial charge in [0.1, 0.15) is 5.01 Å². The van der Waals surface area contributed by atoms with Gasteiger partial charge >= 0.3 is 6.03 Å². The van der Waals surface area contributed by atoms with Gasteiger partial charge in [-0.15, -0.1) is 11.3 Å². The van der Waals surface area contributed by atoms with Crippen LogP contribution in [-0.2, 0) is 6.42 Å². The molecule has 1 atom stereocenters. The maximum Gasteiger partial charge on any atom is 0.317 e. The van der Waals surface area contributed by atoms with Gasteiger partial charge in [0.2, 0.25) is 0 Å². The highest BCUT2D eigenvalue weighted by molar-refractivity contribution is 7.18. The molecule has 32 heavy (non-hydrogen) atoms. The topological polar surface area (TPSA) is 66.9 Å². The number of methoxy groups -OCH3 is 2. The average molecular weight is 455 g/mol. The predicted octanol–water partition coefficient (Wildman–Crippen LogP) is 3.94. The molecular weight excluding hydrogens is 424 g/mol. The van der Waals surface area contributed by atoms with Gasteiger partial charge in [-0.1, -0.05) is 18.2 Å². The molecule has 2 amide bonds. The molecule has 8 heteroatoms. The van der Waals surface area contributed by atoms with Crippen LogP contribution >= 0.6 is 11.3 Å². The first-order valence-electron chi connectivity index (χ1n) is 10.9. The number of piperazine rings is 1. The van der Waals surface area contributed by atoms with E-state index in [4.69, 9.17) is 14.5 Å². The number of rotatable bonds is 7. The second kappa shape index (κ2) is 10.2. The van der Waals surface area contributed by atoms with Crippen LogP contribution in [0.5, 0.6) is 11.5 Å². The highest BCUT2D eigenvalue weighted by Crippen LogP contribution is 2.30. The summed E-state index contributed by atoms with van der Waals surface area (Å²) in [6, 6.07) is 14.3. The summed E-state index contributed by atoms with van der Waals surface area (Å²) in [5.74, 6) is 1.41. The number of amides is 2. The van der Waals surface area contributed by atoms with E-state index in [-0.39, 0.29) is 12.1 Å². The number of hydrogen-bond donors (Lipinski definition) is 1. The van der Waals surface area contributed by atoms with Crippen molar-refractivity contribution in [3.63, 3.8) is 0 Å². The molecule has 3 aromatic rings. The van der Waals surface area contributed by atoms with Gasteiger partial charge in [-0.05, 0) is 43.2 Å². The highest BCUT2D eigenvalue weighted by Gasteiger charge is 2.26. The van der Waals surface area contributed by atoms with Crippen molar-refractivity contribution in [1.82, 2.24) is 20.1 Å². The SMILES string of the molecule is COc1ccc(CCNC(=O)N2CCN(C(C)c3nc4ccccc4s3)CC2)cc1OC. The second-order valence-electron chi connectivity index (χ2n) is 7.89. The lowest BCUT2D eigenvalue weighted by molar-refractivity contribution is 0.114. The molecule has 0 bridgehead atoms. The van der Waals surface area contributed by atoms with E-state index in [0.29, 0.717) is 18.0 Å². The summed E-state index contributed by atoms with van der Waals surface area (Å²) in [5, 5.41) is 4.18. The maximum atomic E-state index is 12.6. The van der Waals surface area contributed by atoms with Gasteiger partial charge in [-0.2, -0.15) is 0 Å².